The average molecular weight is 393 g/mol. The van der Waals surface area contributed by atoms with Gasteiger partial charge in [-0.15, -0.1) is 0 Å². The second kappa shape index (κ2) is 7.55. The van der Waals surface area contributed by atoms with E-state index >= 15 is 0 Å². The molecule has 0 atom stereocenters. The van der Waals surface area contributed by atoms with E-state index in [1.54, 1.807) is 16.8 Å². The van der Waals surface area contributed by atoms with Gasteiger partial charge in [-0.1, -0.05) is 42.9 Å². The largest absolute Gasteiger partial charge is 0.339 e. The first kappa shape index (κ1) is 18.4. The molecule has 0 aliphatic carbocycles. The third-order valence-electron chi connectivity index (χ3n) is 4.18. The number of pyridine rings is 1. The molecule has 0 bridgehead atoms. The molecule has 28 heavy (non-hydrogen) atoms. The van der Waals surface area contributed by atoms with Crippen LogP contribution in [0.15, 0.2) is 57.1 Å². The number of aromatic nitrogens is 5. The molecule has 4 aromatic rings. The molecular formula is C20H19N5O2S. The van der Waals surface area contributed by atoms with E-state index in [1.807, 2.05) is 51.1 Å². The minimum Gasteiger partial charge on any atom is -0.339 e. The zero-order valence-corrected chi connectivity index (χ0v) is 16.6. The standard InChI is InChI=1S/C20H19N5O2S/c1-12(2)18-23-16(24-27-18)11-28-20-22-15-7-5-4-6-14(15)19(26)25(20)17-10-13(3)8-9-21-17/h4-10,12H,11H2,1-3H3. The predicted octanol–water partition coefficient (Wildman–Crippen LogP) is 3.89. The summed E-state index contributed by atoms with van der Waals surface area (Å²) in [6.07, 6.45) is 1.69. The van der Waals surface area contributed by atoms with Crippen molar-refractivity contribution in [1.29, 1.82) is 0 Å². The topological polar surface area (TPSA) is 86.7 Å². The van der Waals surface area contributed by atoms with Crippen molar-refractivity contribution in [1.82, 2.24) is 24.7 Å². The number of thioether (sulfide) groups is 1. The first-order valence-corrected chi connectivity index (χ1v) is 9.91. The van der Waals surface area contributed by atoms with Gasteiger partial charge in [0.2, 0.25) is 5.89 Å². The fourth-order valence-electron chi connectivity index (χ4n) is 2.74. The summed E-state index contributed by atoms with van der Waals surface area (Å²) >= 11 is 1.38. The van der Waals surface area contributed by atoms with Crippen LogP contribution in [0.2, 0.25) is 0 Å². The zero-order valence-electron chi connectivity index (χ0n) is 15.8. The molecule has 0 unspecified atom stereocenters. The van der Waals surface area contributed by atoms with Crippen LogP contribution in [0.3, 0.4) is 0 Å². The van der Waals surface area contributed by atoms with Gasteiger partial charge in [0.1, 0.15) is 5.82 Å². The van der Waals surface area contributed by atoms with Crippen LogP contribution in [0.5, 0.6) is 0 Å². The highest BCUT2D eigenvalue weighted by Crippen LogP contribution is 2.24. The van der Waals surface area contributed by atoms with E-state index in [1.165, 1.54) is 11.8 Å². The van der Waals surface area contributed by atoms with Crippen molar-refractivity contribution < 1.29 is 4.52 Å². The molecule has 0 amide bonds. The lowest BCUT2D eigenvalue weighted by Gasteiger charge is -2.12. The summed E-state index contributed by atoms with van der Waals surface area (Å²) in [5, 5.41) is 5.11. The van der Waals surface area contributed by atoms with Crippen molar-refractivity contribution in [2.45, 2.75) is 37.6 Å². The number of aryl methyl sites for hydroxylation is 1. The Balaban J connectivity index is 1.79. The summed E-state index contributed by atoms with van der Waals surface area (Å²) in [5.74, 6) is 2.31. The number of fused-ring (bicyclic) bond motifs is 1. The van der Waals surface area contributed by atoms with Crippen LogP contribution < -0.4 is 5.56 Å². The molecule has 3 heterocycles. The minimum absolute atomic E-state index is 0.151. The van der Waals surface area contributed by atoms with E-state index in [0.29, 0.717) is 39.3 Å². The summed E-state index contributed by atoms with van der Waals surface area (Å²) in [6, 6.07) is 11.1. The van der Waals surface area contributed by atoms with Crippen LogP contribution in [0.4, 0.5) is 0 Å². The second-order valence-corrected chi connectivity index (χ2v) is 7.68. The molecule has 0 N–H and O–H groups in total. The summed E-state index contributed by atoms with van der Waals surface area (Å²) in [7, 11) is 0. The maximum Gasteiger partial charge on any atom is 0.267 e. The van der Waals surface area contributed by atoms with E-state index in [9.17, 15) is 4.79 Å². The summed E-state index contributed by atoms with van der Waals surface area (Å²) in [4.78, 5) is 26.7. The predicted molar refractivity (Wildman–Crippen MR) is 108 cm³/mol. The van der Waals surface area contributed by atoms with Gasteiger partial charge in [0, 0.05) is 12.1 Å². The third-order valence-corrected chi connectivity index (χ3v) is 5.12. The molecule has 0 saturated heterocycles. The fraction of sp³-hybridized carbons (Fsp3) is 0.250. The number of hydrogen-bond donors (Lipinski definition) is 0. The fourth-order valence-corrected chi connectivity index (χ4v) is 3.59. The first-order valence-electron chi connectivity index (χ1n) is 8.93. The number of rotatable bonds is 5. The van der Waals surface area contributed by atoms with E-state index in [-0.39, 0.29) is 11.5 Å². The lowest BCUT2D eigenvalue weighted by molar-refractivity contribution is 0.362. The Morgan fingerprint density at radius 2 is 2.00 bits per heavy atom. The molecule has 4 rings (SSSR count). The van der Waals surface area contributed by atoms with Crippen molar-refractivity contribution >= 4 is 22.7 Å². The highest BCUT2D eigenvalue weighted by Gasteiger charge is 2.16. The van der Waals surface area contributed by atoms with E-state index < -0.39 is 0 Å². The normalized spacial score (nSPS) is 11.4. The van der Waals surface area contributed by atoms with Gasteiger partial charge in [0.25, 0.3) is 5.56 Å². The van der Waals surface area contributed by atoms with Crippen LogP contribution in [-0.4, -0.2) is 24.7 Å². The Kier molecular flexibility index (Phi) is 4.95. The monoisotopic (exact) mass is 393 g/mol. The Bertz CT molecular complexity index is 1200. The van der Waals surface area contributed by atoms with Crippen molar-refractivity contribution in [2.24, 2.45) is 0 Å². The Hall–Kier alpha value is -3.00. The van der Waals surface area contributed by atoms with Crippen molar-refractivity contribution in [3.8, 4) is 5.82 Å². The van der Waals surface area contributed by atoms with Gasteiger partial charge in [-0.3, -0.25) is 4.79 Å². The van der Waals surface area contributed by atoms with Crippen molar-refractivity contribution in [3.05, 3.63) is 70.2 Å². The zero-order chi connectivity index (χ0) is 19.7. The van der Waals surface area contributed by atoms with Crippen LogP contribution >= 0.6 is 11.8 Å². The van der Waals surface area contributed by atoms with Gasteiger partial charge in [-0.05, 0) is 36.8 Å². The maximum atomic E-state index is 13.2. The average Bonchev–Trinajstić information content (AvgIpc) is 3.16. The van der Waals surface area contributed by atoms with Gasteiger partial charge in [0.05, 0.1) is 16.7 Å². The van der Waals surface area contributed by atoms with Crippen LogP contribution in [0, 0.1) is 6.92 Å². The highest BCUT2D eigenvalue weighted by molar-refractivity contribution is 7.98. The Morgan fingerprint density at radius 3 is 2.75 bits per heavy atom. The minimum atomic E-state index is -0.151. The lowest BCUT2D eigenvalue weighted by atomic mass is 10.2. The van der Waals surface area contributed by atoms with Gasteiger partial charge < -0.3 is 4.52 Å². The van der Waals surface area contributed by atoms with E-state index in [4.69, 9.17) is 9.51 Å². The van der Waals surface area contributed by atoms with Crippen LogP contribution in [0.1, 0.15) is 37.0 Å². The molecule has 142 valence electrons. The quantitative estimate of drug-likeness (QED) is 0.375. The molecule has 7 nitrogen and oxygen atoms in total. The van der Waals surface area contributed by atoms with Crippen molar-refractivity contribution in [3.63, 3.8) is 0 Å². The van der Waals surface area contributed by atoms with Gasteiger partial charge in [-0.25, -0.2) is 14.5 Å². The summed E-state index contributed by atoms with van der Waals surface area (Å²) in [6.45, 7) is 5.96. The summed E-state index contributed by atoms with van der Waals surface area (Å²) in [5.41, 5.74) is 1.51. The van der Waals surface area contributed by atoms with E-state index in [2.05, 4.69) is 15.1 Å². The molecule has 0 saturated carbocycles. The number of para-hydroxylation sites is 1. The molecule has 0 aliphatic rings. The number of benzene rings is 1. The second-order valence-electron chi connectivity index (χ2n) is 6.74. The molecule has 0 aliphatic heterocycles. The number of nitrogens with zero attached hydrogens (tertiary/aromatic N) is 5. The molecule has 0 fully saturated rings. The van der Waals surface area contributed by atoms with Crippen LogP contribution in [-0.2, 0) is 5.75 Å². The van der Waals surface area contributed by atoms with E-state index in [0.717, 1.165) is 5.56 Å². The summed E-state index contributed by atoms with van der Waals surface area (Å²) < 4.78 is 6.81. The first-order chi connectivity index (χ1) is 13.5. The Labute approximate surface area is 165 Å². The number of hydrogen-bond acceptors (Lipinski definition) is 7. The third kappa shape index (κ3) is 3.55. The SMILES string of the molecule is Cc1ccnc(-n2c(SCc3noc(C(C)C)n3)nc3ccccc3c2=O)c1. The molecular weight excluding hydrogens is 374 g/mol. The van der Waals surface area contributed by atoms with Gasteiger partial charge in [0.15, 0.2) is 11.0 Å². The molecule has 0 radical (unpaired) electrons. The molecule has 0 spiro atoms. The van der Waals surface area contributed by atoms with Crippen molar-refractivity contribution in [2.75, 3.05) is 0 Å². The lowest BCUT2D eigenvalue weighted by Crippen LogP contribution is -2.22. The van der Waals surface area contributed by atoms with Crippen LogP contribution in [0.25, 0.3) is 16.7 Å². The Morgan fingerprint density at radius 1 is 1.18 bits per heavy atom. The molecule has 3 aromatic heterocycles. The van der Waals surface area contributed by atoms with Gasteiger partial charge >= 0.3 is 0 Å². The molecule has 8 heteroatoms. The highest BCUT2D eigenvalue weighted by atomic mass is 32.2. The van der Waals surface area contributed by atoms with Gasteiger partial charge in [-0.2, -0.15) is 4.98 Å². The molecule has 1 aromatic carbocycles. The smallest absolute Gasteiger partial charge is 0.267 e. The maximum absolute atomic E-state index is 13.2.